The molecule has 30 heavy (non-hydrogen) atoms. The van der Waals surface area contributed by atoms with Gasteiger partial charge < -0.3 is 25.2 Å². The molecule has 0 spiro atoms. The predicted octanol–water partition coefficient (Wildman–Crippen LogP) is 1.43. The Bertz CT molecular complexity index is 979. The highest BCUT2D eigenvalue weighted by Gasteiger charge is 2.53. The fourth-order valence-electron chi connectivity index (χ4n) is 3.23. The molecule has 1 saturated heterocycles. The lowest BCUT2D eigenvalue weighted by atomic mass is 9.82. The predicted molar refractivity (Wildman–Crippen MR) is 113 cm³/mol. The minimum absolute atomic E-state index is 0.315. The second-order valence-corrected chi connectivity index (χ2v) is 7.66. The summed E-state index contributed by atoms with van der Waals surface area (Å²) < 4.78 is 5.62. The van der Waals surface area contributed by atoms with Gasteiger partial charge in [0.25, 0.3) is 0 Å². The van der Waals surface area contributed by atoms with E-state index in [2.05, 4.69) is 37.5 Å². The fourth-order valence-corrected chi connectivity index (χ4v) is 3.23. The van der Waals surface area contributed by atoms with Gasteiger partial charge in [0, 0.05) is 11.1 Å². The summed E-state index contributed by atoms with van der Waals surface area (Å²) in [5, 5.41) is 41.6. The second-order valence-electron chi connectivity index (χ2n) is 7.66. The number of rotatable bonds is 2. The molecule has 5 atom stereocenters. The summed E-state index contributed by atoms with van der Waals surface area (Å²) >= 11 is 0. The zero-order valence-electron chi connectivity index (χ0n) is 17.0. The van der Waals surface area contributed by atoms with Crippen LogP contribution in [0.25, 0.3) is 0 Å². The number of aliphatic hydroxyl groups is 4. The van der Waals surface area contributed by atoms with Crippen LogP contribution in [0.4, 0.5) is 0 Å². The molecule has 1 heterocycles. The van der Waals surface area contributed by atoms with Crippen molar-refractivity contribution >= 4 is 0 Å². The van der Waals surface area contributed by atoms with E-state index in [0.29, 0.717) is 17.0 Å². The van der Waals surface area contributed by atoms with Gasteiger partial charge in [-0.05, 0) is 35.7 Å². The van der Waals surface area contributed by atoms with Gasteiger partial charge >= 0.3 is 0 Å². The first-order valence-electron chi connectivity index (χ1n) is 9.89. The van der Waals surface area contributed by atoms with Crippen LogP contribution in [0, 0.1) is 23.7 Å². The molecule has 5 heteroatoms. The maximum Gasteiger partial charge on any atom is 0.191 e. The highest BCUT2D eigenvalue weighted by Crippen LogP contribution is 2.30. The zero-order chi connectivity index (χ0) is 21.7. The Morgan fingerprint density at radius 2 is 1.70 bits per heavy atom. The van der Waals surface area contributed by atoms with Crippen molar-refractivity contribution in [3.05, 3.63) is 71.3 Å². The van der Waals surface area contributed by atoms with Crippen molar-refractivity contribution in [1.82, 2.24) is 0 Å². The molecule has 156 valence electrons. The fraction of sp³-hybridized carbons (Fsp3) is 0.360. The monoisotopic (exact) mass is 406 g/mol. The van der Waals surface area contributed by atoms with Gasteiger partial charge in [0.05, 0.1) is 6.61 Å². The summed E-state index contributed by atoms with van der Waals surface area (Å²) in [6.45, 7) is 3.61. The Kier molecular flexibility index (Phi) is 6.95. The first-order chi connectivity index (χ1) is 14.3. The number of aliphatic hydroxyl groups excluding tert-OH is 3. The van der Waals surface area contributed by atoms with E-state index < -0.39 is 36.6 Å². The molecule has 1 aliphatic heterocycles. The molecule has 2 aromatic carbocycles. The molecule has 1 fully saturated rings. The van der Waals surface area contributed by atoms with E-state index in [1.54, 1.807) is 18.2 Å². The van der Waals surface area contributed by atoms with Gasteiger partial charge in [-0.1, -0.05) is 67.9 Å². The normalized spacial score (nSPS) is 28.2. The Morgan fingerprint density at radius 3 is 2.37 bits per heavy atom. The van der Waals surface area contributed by atoms with Crippen molar-refractivity contribution in [3.8, 4) is 23.7 Å². The van der Waals surface area contributed by atoms with Gasteiger partial charge in [0.15, 0.2) is 11.7 Å². The standard InChI is InChI=1S/C25H26O5/c1-17(2)20-10-6-9-19(15-20)13-14-25(29)22(12-11-18-7-4-3-5-8-18)30-21(16-26)23(27)24(25)28/h3-10,15,17,21-24,26-29H,16H2,1-2H3/t21-,22-,23-,24+,25-/m1/s1. The summed E-state index contributed by atoms with van der Waals surface area (Å²) in [6, 6.07) is 16.7. The summed E-state index contributed by atoms with van der Waals surface area (Å²) in [5.74, 6) is 11.6. The van der Waals surface area contributed by atoms with Crippen molar-refractivity contribution in [2.45, 2.75) is 49.8 Å². The highest BCUT2D eigenvalue weighted by molar-refractivity contribution is 5.43. The molecule has 1 aliphatic rings. The SMILES string of the molecule is CC(C)c1cccc(C#C[C@@]2(O)[C@@H](C#Cc3ccccc3)O[C@H](CO)[C@@H](O)[C@@H]2O)c1. The van der Waals surface area contributed by atoms with Crippen LogP contribution < -0.4 is 0 Å². The first kappa shape index (κ1) is 22.1. The van der Waals surface area contributed by atoms with Gasteiger partial charge in [-0.2, -0.15) is 0 Å². The quantitative estimate of drug-likeness (QED) is 0.567. The molecule has 0 aliphatic carbocycles. The molecule has 5 nitrogen and oxygen atoms in total. The van der Waals surface area contributed by atoms with E-state index in [1.807, 2.05) is 36.4 Å². The summed E-state index contributed by atoms with van der Waals surface area (Å²) in [7, 11) is 0. The summed E-state index contributed by atoms with van der Waals surface area (Å²) in [5.41, 5.74) is 0.313. The van der Waals surface area contributed by atoms with Crippen molar-refractivity contribution in [2.75, 3.05) is 6.61 Å². The third-order valence-corrected chi connectivity index (χ3v) is 5.13. The van der Waals surface area contributed by atoms with Crippen molar-refractivity contribution in [1.29, 1.82) is 0 Å². The topological polar surface area (TPSA) is 90.2 Å². The molecule has 0 aromatic heterocycles. The van der Waals surface area contributed by atoms with E-state index in [4.69, 9.17) is 4.74 Å². The van der Waals surface area contributed by atoms with Crippen molar-refractivity contribution in [3.63, 3.8) is 0 Å². The molecule has 0 unspecified atom stereocenters. The largest absolute Gasteiger partial charge is 0.394 e. The van der Waals surface area contributed by atoms with Crippen LogP contribution in [0.15, 0.2) is 54.6 Å². The minimum Gasteiger partial charge on any atom is -0.394 e. The number of benzene rings is 2. The van der Waals surface area contributed by atoms with Gasteiger partial charge in [0.1, 0.15) is 18.3 Å². The molecule has 0 bridgehead atoms. The van der Waals surface area contributed by atoms with Crippen LogP contribution in [-0.2, 0) is 4.74 Å². The molecule has 0 saturated carbocycles. The molecule has 3 rings (SSSR count). The Balaban J connectivity index is 1.99. The Morgan fingerprint density at radius 1 is 1.00 bits per heavy atom. The van der Waals surface area contributed by atoms with Gasteiger partial charge in [0.2, 0.25) is 0 Å². The highest BCUT2D eigenvalue weighted by atomic mass is 16.5. The Labute approximate surface area is 177 Å². The van der Waals surface area contributed by atoms with Crippen LogP contribution in [0.2, 0.25) is 0 Å². The van der Waals surface area contributed by atoms with Crippen LogP contribution in [0.3, 0.4) is 0 Å². The van der Waals surface area contributed by atoms with E-state index in [0.717, 1.165) is 5.56 Å². The number of hydrogen-bond donors (Lipinski definition) is 4. The lowest BCUT2D eigenvalue weighted by Crippen LogP contribution is -2.65. The lowest BCUT2D eigenvalue weighted by molar-refractivity contribution is -0.239. The van der Waals surface area contributed by atoms with Crippen molar-refractivity contribution < 1.29 is 25.2 Å². The summed E-state index contributed by atoms with van der Waals surface area (Å²) in [6.07, 6.45) is -5.49. The van der Waals surface area contributed by atoms with Crippen LogP contribution in [-0.4, -0.2) is 57.0 Å². The van der Waals surface area contributed by atoms with E-state index in [9.17, 15) is 20.4 Å². The minimum atomic E-state index is -2.14. The smallest absolute Gasteiger partial charge is 0.191 e. The average Bonchev–Trinajstić information content (AvgIpc) is 2.77. The van der Waals surface area contributed by atoms with Gasteiger partial charge in [-0.3, -0.25) is 0 Å². The first-order valence-corrected chi connectivity index (χ1v) is 9.89. The lowest BCUT2D eigenvalue weighted by Gasteiger charge is -2.43. The molecular weight excluding hydrogens is 380 g/mol. The summed E-state index contributed by atoms with van der Waals surface area (Å²) in [4.78, 5) is 0. The third kappa shape index (κ3) is 4.74. The maximum atomic E-state index is 11.2. The molecule has 2 aromatic rings. The van der Waals surface area contributed by atoms with Crippen LogP contribution in [0.5, 0.6) is 0 Å². The van der Waals surface area contributed by atoms with Crippen molar-refractivity contribution in [2.24, 2.45) is 0 Å². The van der Waals surface area contributed by atoms with Gasteiger partial charge in [-0.25, -0.2) is 0 Å². The molecule has 4 N–H and O–H groups in total. The Hall–Kier alpha value is -2.64. The van der Waals surface area contributed by atoms with E-state index in [-0.39, 0.29) is 0 Å². The second kappa shape index (κ2) is 9.45. The third-order valence-electron chi connectivity index (χ3n) is 5.13. The average molecular weight is 406 g/mol. The zero-order valence-corrected chi connectivity index (χ0v) is 17.0. The van der Waals surface area contributed by atoms with E-state index in [1.165, 1.54) is 0 Å². The molecule has 0 amide bonds. The number of ether oxygens (including phenoxy) is 1. The van der Waals surface area contributed by atoms with E-state index >= 15 is 0 Å². The van der Waals surface area contributed by atoms with Gasteiger partial charge in [-0.15, -0.1) is 0 Å². The number of hydrogen-bond acceptors (Lipinski definition) is 5. The van der Waals surface area contributed by atoms with Crippen LogP contribution in [0.1, 0.15) is 36.5 Å². The van der Waals surface area contributed by atoms with Crippen LogP contribution >= 0.6 is 0 Å². The maximum absolute atomic E-state index is 11.2. The molecular formula is C25H26O5. The molecule has 0 radical (unpaired) electrons.